The van der Waals surface area contributed by atoms with Gasteiger partial charge in [-0.3, -0.25) is 10.1 Å². The monoisotopic (exact) mass is 263 g/mol. The molecule has 19 heavy (non-hydrogen) atoms. The maximum Gasteiger partial charge on any atom is 0.192 e. The Morgan fingerprint density at radius 1 is 1.47 bits per heavy atom. The predicted molar refractivity (Wildman–Crippen MR) is 73.0 cm³/mol. The summed E-state index contributed by atoms with van der Waals surface area (Å²) < 4.78 is 5.71. The summed E-state index contributed by atoms with van der Waals surface area (Å²) in [6, 6.07) is 0.197. The number of aromatic nitrogens is 2. The fourth-order valence-electron chi connectivity index (χ4n) is 3.06. The average Bonchev–Trinajstić information content (AvgIpc) is 3.07. The first-order chi connectivity index (χ1) is 9.16. The van der Waals surface area contributed by atoms with Crippen LogP contribution in [-0.2, 0) is 4.74 Å². The van der Waals surface area contributed by atoms with Crippen LogP contribution >= 0.6 is 0 Å². The van der Waals surface area contributed by atoms with Gasteiger partial charge >= 0.3 is 0 Å². The number of hydrogen-bond acceptors (Lipinski definition) is 5. The van der Waals surface area contributed by atoms with Crippen molar-refractivity contribution in [2.24, 2.45) is 10.7 Å². The topological polar surface area (TPSA) is 79.5 Å². The molecule has 6 heteroatoms. The highest BCUT2D eigenvalue weighted by Gasteiger charge is 2.33. The molecule has 0 aromatic carbocycles. The molecule has 1 fully saturated rings. The zero-order valence-corrected chi connectivity index (χ0v) is 11.5. The number of aryl methyl sites for hydroxylation is 2. The fraction of sp³-hybridized carbons (Fsp3) is 0.692. The van der Waals surface area contributed by atoms with E-state index in [1.165, 1.54) is 5.56 Å². The highest BCUT2D eigenvalue weighted by atomic mass is 16.5. The number of ether oxygens (including phenoxy) is 1. The van der Waals surface area contributed by atoms with Crippen LogP contribution in [-0.4, -0.2) is 46.9 Å². The van der Waals surface area contributed by atoms with Crippen molar-refractivity contribution in [2.75, 3.05) is 19.7 Å². The molecule has 0 spiro atoms. The number of guanidine groups is 1. The molecule has 2 atom stereocenters. The summed E-state index contributed by atoms with van der Waals surface area (Å²) in [7, 11) is 0. The molecule has 0 amide bonds. The van der Waals surface area contributed by atoms with Gasteiger partial charge in [-0.05, 0) is 26.7 Å². The molecule has 0 aliphatic carbocycles. The zero-order valence-electron chi connectivity index (χ0n) is 11.5. The number of aromatic amines is 1. The number of nitrogens with zero attached hydrogens (tertiary/aromatic N) is 3. The van der Waals surface area contributed by atoms with E-state index in [1.54, 1.807) is 0 Å². The van der Waals surface area contributed by atoms with Gasteiger partial charge in [-0.2, -0.15) is 5.10 Å². The summed E-state index contributed by atoms with van der Waals surface area (Å²) in [5.74, 6) is 0.625. The second-order valence-corrected chi connectivity index (χ2v) is 5.35. The van der Waals surface area contributed by atoms with Gasteiger partial charge in [-0.25, -0.2) is 0 Å². The molecule has 0 bridgehead atoms. The Kier molecular flexibility index (Phi) is 3.18. The van der Waals surface area contributed by atoms with E-state index < -0.39 is 0 Å². The first-order valence-corrected chi connectivity index (χ1v) is 6.86. The third-order valence-electron chi connectivity index (χ3n) is 4.04. The number of nitrogens with one attached hydrogen (secondary N) is 1. The largest absolute Gasteiger partial charge is 0.376 e. The minimum absolute atomic E-state index is 0.197. The molecule has 104 valence electrons. The van der Waals surface area contributed by atoms with E-state index in [1.807, 2.05) is 13.8 Å². The Balaban J connectivity index is 1.81. The van der Waals surface area contributed by atoms with Crippen molar-refractivity contribution in [1.29, 1.82) is 0 Å². The smallest absolute Gasteiger partial charge is 0.192 e. The van der Waals surface area contributed by atoms with Crippen molar-refractivity contribution in [3.63, 3.8) is 0 Å². The van der Waals surface area contributed by atoms with Gasteiger partial charge in [0.15, 0.2) is 5.96 Å². The highest BCUT2D eigenvalue weighted by Crippen LogP contribution is 2.30. The summed E-state index contributed by atoms with van der Waals surface area (Å²) in [5.41, 5.74) is 9.40. The number of aliphatic imine (C=N–C) groups is 1. The lowest BCUT2D eigenvalue weighted by Crippen LogP contribution is -2.41. The van der Waals surface area contributed by atoms with E-state index >= 15 is 0 Å². The molecule has 1 saturated heterocycles. The van der Waals surface area contributed by atoms with Gasteiger partial charge in [0.1, 0.15) is 0 Å². The van der Waals surface area contributed by atoms with Crippen molar-refractivity contribution < 1.29 is 4.74 Å². The normalized spacial score (nSPS) is 27.1. The number of hydrogen-bond donors (Lipinski definition) is 2. The first kappa shape index (κ1) is 12.5. The minimum atomic E-state index is 0.197. The number of nitrogens with two attached hydrogens (primary N) is 1. The number of H-pyrrole nitrogens is 1. The van der Waals surface area contributed by atoms with E-state index in [0.717, 1.165) is 37.4 Å². The van der Waals surface area contributed by atoms with E-state index in [9.17, 15) is 0 Å². The quantitative estimate of drug-likeness (QED) is 0.848. The van der Waals surface area contributed by atoms with Gasteiger partial charge < -0.3 is 15.4 Å². The molecule has 6 nitrogen and oxygen atoms in total. The standard InChI is InChI=1S/C13H21N5O/c1-8-12(9(2)17-16-8)11-6-15-13(14)18(11)7-10-4-3-5-19-10/h10-11H,3-7H2,1-2H3,(H2,14,15)(H,16,17). The van der Waals surface area contributed by atoms with Gasteiger partial charge in [-0.1, -0.05) is 0 Å². The average molecular weight is 263 g/mol. The van der Waals surface area contributed by atoms with Crippen LogP contribution < -0.4 is 5.73 Å². The van der Waals surface area contributed by atoms with Crippen LogP contribution in [0.2, 0.25) is 0 Å². The van der Waals surface area contributed by atoms with Crippen molar-refractivity contribution in [1.82, 2.24) is 15.1 Å². The maximum absolute atomic E-state index is 6.04. The molecule has 2 aliphatic rings. The van der Waals surface area contributed by atoms with Crippen LogP contribution in [0.4, 0.5) is 0 Å². The van der Waals surface area contributed by atoms with Crippen LogP contribution in [0.25, 0.3) is 0 Å². The van der Waals surface area contributed by atoms with Gasteiger partial charge in [-0.15, -0.1) is 0 Å². The lowest BCUT2D eigenvalue weighted by atomic mass is 10.0. The first-order valence-electron chi connectivity index (χ1n) is 6.86. The minimum Gasteiger partial charge on any atom is -0.376 e. The van der Waals surface area contributed by atoms with E-state index in [-0.39, 0.29) is 12.1 Å². The second kappa shape index (κ2) is 4.85. The molecule has 0 radical (unpaired) electrons. The van der Waals surface area contributed by atoms with Crippen molar-refractivity contribution in [2.45, 2.75) is 38.8 Å². The van der Waals surface area contributed by atoms with Crippen LogP contribution in [0.5, 0.6) is 0 Å². The zero-order chi connectivity index (χ0) is 13.4. The predicted octanol–water partition coefficient (Wildman–Crippen LogP) is 0.877. The van der Waals surface area contributed by atoms with E-state index in [2.05, 4.69) is 20.1 Å². The molecule has 2 aliphatic heterocycles. The summed E-state index contributed by atoms with van der Waals surface area (Å²) >= 11 is 0. The van der Waals surface area contributed by atoms with Gasteiger partial charge in [0, 0.05) is 24.4 Å². The highest BCUT2D eigenvalue weighted by molar-refractivity contribution is 5.80. The fourth-order valence-corrected chi connectivity index (χ4v) is 3.06. The van der Waals surface area contributed by atoms with Crippen molar-refractivity contribution in [3.8, 4) is 0 Å². The Morgan fingerprint density at radius 3 is 2.95 bits per heavy atom. The summed E-state index contributed by atoms with van der Waals surface area (Å²) in [6.45, 7) is 6.47. The van der Waals surface area contributed by atoms with Crippen LogP contribution in [0.3, 0.4) is 0 Å². The molecule has 3 rings (SSSR count). The van der Waals surface area contributed by atoms with Crippen LogP contribution in [0, 0.1) is 13.8 Å². The van der Waals surface area contributed by atoms with Crippen molar-refractivity contribution >= 4 is 5.96 Å². The Bertz CT molecular complexity index is 470. The second-order valence-electron chi connectivity index (χ2n) is 5.35. The lowest BCUT2D eigenvalue weighted by Gasteiger charge is -2.28. The molecule has 0 saturated carbocycles. The molecule has 2 unspecified atom stereocenters. The summed E-state index contributed by atoms with van der Waals surface area (Å²) in [4.78, 5) is 6.57. The summed E-state index contributed by atoms with van der Waals surface area (Å²) in [5, 5.41) is 7.32. The van der Waals surface area contributed by atoms with Gasteiger partial charge in [0.25, 0.3) is 0 Å². The Labute approximate surface area is 113 Å². The lowest BCUT2D eigenvalue weighted by molar-refractivity contribution is 0.0851. The van der Waals surface area contributed by atoms with Crippen LogP contribution in [0.15, 0.2) is 4.99 Å². The molecule has 1 aromatic heterocycles. The van der Waals surface area contributed by atoms with Gasteiger partial charge in [0.2, 0.25) is 0 Å². The Morgan fingerprint density at radius 2 is 2.32 bits per heavy atom. The molecule has 1 aromatic rings. The molecular formula is C13H21N5O. The Hall–Kier alpha value is -1.56. The molecule has 3 N–H and O–H groups in total. The third-order valence-corrected chi connectivity index (χ3v) is 4.04. The van der Waals surface area contributed by atoms with Crippen molar-refractivity contribution in [3.05, 3.63) is 17.0 Å². The molecular weight excluding hydrogens is 242 g/mol. The van der Waals surface area contributed by atoms with Gasteiger partial charge in [0.05, 0.1) is 24.4 Å². The van der Waals surface area contributed by atoms with Crippen LogP contribution in [0.1, 0.15) is 35.8 Å². The number of rotatable bonds is 3. The van der Waals surface area contributed by atoms with E-state index in [0.29, 0.717) is 12.5 Å². The maximum atomic E-state index is 6.04. The summed E-state index contributed by atoms with van der Waals surface area (Å²) in [6.07, 6.45) is 2.53. The molecule has 3 heterocycles. The van der Waals surface area contributed by atoms with E-state index in [4.69, 9.17) is 10.5 Å². The SMILES string of the molecule is Cc1n[nH]c(C)c1C1CN=C(N)N1CC1CCCO1. The third kappa shape index (κ3) is 2.20.